The molecule has 1 amide bonds. The van der Waals surface area contributed by atoms with Crippen molar-refractivity contribution >= 4 is 5.91 Å². The number of aryl methyl sites for hydroxylation is 2. The highest BCUT2D eigenvalue weighted by Crippen LogP contribution is 2.24. The summed E-state index contributed by atoms with van der Waals surface area (Å²) in [5, 5.41) is 6.53. The Balaban J connectivity index is 1.91. The molecule has 23 heavy (non-hydrogen) atoms. The van der Waals surface area contributed by atoms with Crippen LogP contribution in [0.15, 0.2) is 48.5 Å². The summed E-state index contributed by atoms with van der Waals surface area (Å²) in [6.45, 7) is 5.87. The molecule has 3 heteroatoms. The van der Waals surface area contributed by atoms with Gasteiger partial charge in [-0.25, -0.2) is 0 Å². The van der Waals surface area contributed by atoms with Gasteiger partial charge >= 0.3 is 0 Å². The second-order valence-corrected chi connectivity index (χ2v) is 6.46. The minimum atomic E-state index is -0.0945. The summed E-state index contributed by atoms with van der Waals surface area (Å²) in [5.41, 5.74) is 4.68. The van der Waals surface area contributed by atoms with Crippen LogP contribution in [0.4, 0.5) is 0 Å². The first-order chi connectivity index (χ1) is 11.1. The van der Waals surface area contributed by atoms with Gasteiger partial charge < -0.3 is 10.6 Å². The third kappa shape index (κ3) is 3.80. The van der Waals surface area contributed by atoms with Crippen LogP contribution in [-0.2, 0) is 4.79 Å². The van der Waals surface area contributed by atoms with E-state index < -0.39 is 0 Å². The summed E-state index contributed by atoms with van der Waals surface area (Å²) < 4.78 is 0. The molecule has 0 bridgehead atoms. The topological polar surface area (TPSA) is 41.1 Å². The van der Waals surface area contributed by atoms with Gasteiger partial charge in [-0.05, 0) is 37.9 Å². The average molecular weight is 308 g/mol. The zero-order valence-electron chi connectivity index (χ0n) is 13.8. The maximum atomic E-state index is 12.6. The molecule has 120 valence electrons. The molecule has 3 rings (SSSR count). The number of nitrogens with one attached hydrogen (secondary N) is 2. The van der Waals surface area contributed by atoms with Crippen LogP contribution in [-0.4, -0.2) is 19.0 Å². The zero-order chi connectivity index (χ0) is 16.2. The summed E-state index contributed by atoms with van der Waals surface area (Å²) in [6, 6.07) is 16.7. The van der Waals surface area contributed by atoms with E-state index in [1.807, 2.05) is 0 Å². The summed E-state index contributed by atoms with van der Waals surface area (Å²) in [4.78, 5) is 12.6. The number of carbonyl (C=O) groups is 1. The maximum Gasteiger partial charge on any atom is 0.225 e. The SMILES string of the molecule is Cc1cccc(C(NC(=O)C2CCNC2)c2cccc(C)c2)c1. The van der Waals surface area contributed by atoms with E-state index in [1.54, 1.807) is 0 Å². The van der Waals surface area contributed by atoms with E-state index in [0.29, 0.717) is 0 Å². The fourth-order valence-electron chi connectivity index (χ4n) is 3.20. The predicted octanol–water partition coefficient (Wildman–Crippen LogP) is 3.12. The highest BCUT2D eigenvalue weighted by Gasteiger charge is 2.25. The van der Waals surface area contributed by atoms with Gasteiger partial charge in [0.1, 0.15) is 0 Å². The van der Waals surface area contributed by atoms with Crippen molar-refractivity contribution < 1.29 is 4.79 Å². The normalized spacial score (nSPS) is 17.4. The summed E-state index contributed by atoms with van der Waals surface area (Å²) >= 11 is 0. The molecular weight excluding hydrogens is 284 g/mol. The third-order valence-corrected chi connectivity index (χ3v) is 4.47. The average Bonchev–Trinajstić information content (AvgIpc) is 3.07. The molecule has 0 spiro atoms. The molecule has 2 aromatic rings. The first-order valence-corrected chi connectivity index (χ1v) is 8.28. The quantitative estimate of drug-likeness (QED) is 0.911. The van der Waals surface area contributed by atoms with Gasteiger partial charge in [0, 0.05) is 6.54 Å². The first-order valence-electron chi connectivity index (χ1n) is 8.28. The van der Waals surface area contributed by atoms with Gasteiger partial charge in [-0.1, -0.05) is 59.7 Å². The Bertz CT molecular complexity index is 644. The fraction of sp³-hybridized carbons (Fsp3) is 0.350. The minimum Gasteiger partial charge on any atom is -0.345 e. The maximum absolute atomic E-state index is 12.6. The molecule has 0 saturated carbocycles. The molecule has 1 aliphatic heterocycles. The summed E-state index contributed by atoms with van der Waals surface area (Å²) in [5.74, 6) is 0.218. The standard InChI is InChI=1S/C20H24N2O/c1-14-5-3-7-16(11-14)19(17-8-4-6-15(2)12-17)22-20(23)18-9-10-21-13-18/h3-8,11-12,18-19,21H,9-10,13H2,1-2H3,(H,22,23). The largest absolute Gasteiger partial charge is 0.345 e. The van der Waals surface area contributed by atoms with Gasteiger partial charge in [0.15, 0.2) is 0 Å². The van der Waals surface area contributed by atoms with Crippen LogP contribution >= 0.6 is 0 Å². The van der Waals surface area contributed by atoms with E-state index in [0.717, 1.165) is 30.6 Å². The highest BCUT2D eigenvalue weighted by molar-refractivity contribution is 5.80. The second-order valence-electron chi connectivity index (χ2n) is 6.46. The van der Waals surface area contributed by atoms with Crippen molar-refractivity contribution in [3.8, 4) is 0 Å². The lowest BCUT2D eigenvalue weighted by Crippen LogP contribution is -2.35. The smallest absolute Gasteiger partial charge is 0.225 e. The van der Waals surface area contributed by atoms with Crippen LogP contribution in [0.5, 0.6) is 0 Å². The fourth-order valence-corrected chi connectivity index (χ4v) is 3.20. The van der Waals surface area contributed by atoms with Crippen LogP contribution in [0.3, 0.4) is 0 Å². The summed E-state index contributed by atoms with van der Waals surface area (Å²) in [7, 11) is 0. The van der Waals surface area contributed by atoms with Gasteiger partial charge in [0.25, 0.3) is 0 Å². The lowest BCUT2D eigenvalue weighted by Gasteiger charge is -2.22. The van der Waals surface area contributed by atoms with E-state index in [1.165, 1.54) is 11.1 Å². The minimum absolute atomic E-state index is 0.0760. The Morgan fingerprint density at radius 3 is 2.17 bits per heavy atom. The Hall–Kier alpha value is -2.13. The van der Waals surface area contributed by atoms with Crippen molar-refractivity contribution in [2.45, 2.75) is 26.3 Å². The Morgan fingerprint density at radius 2 is 1.70 bits per heavy atom. The number of hydrogen-bond donors (Lipinski definition) is 2. The molecule has 1 saturated heterocycles. The van der Waals surface area contributed by atoms with Crippen LogP contribution in [0.1, 0.15) is 34.7 Å². The van der Waals surface area contributed by atoms with E-state index >= 15 is 0 Å². The van der Waals surface area contributed by atoms with Gasteiger partial charge in [0.05, 0.1) is 12.0 Å². The van der Waals surface area contributed by atoms with Gasteiger partial charge in [-0.2, -0.15) is 0 Å². The molecule has 1 unspecified atom stereocenters. The number of benzene rings is 2. The Kier molecular flexibility index (Phi) is 4.77. The molecule has 1 heterocycles. The van der Waals surface area contributed by atoms with Gasteiger partial charge in [0.2, 0.25) is 5.91 Å². The third-order valence-electron chi connectivity index (χ3n) is 4.47. The Labute approximate surface area is 138 Å². The van der Waals surface area contributed by atoms with Gasteiger partial charge in [-0.15, -0.1) is 0 Å². The van der Waals surface area contributed by atoms with E-state index in [2.05, 4.69) is 73.0 Å². The molecule has 0 radical (unpaired) electrons. The van der Waals surface area contributed by atoms with Crippen molar-refractivity contribution in [1.29, 1.82) is 0 Å². The molecule has 0 aromatic heterocycles. The van der Waals surface area contributed by atoms with Crippen LogP contribution in [0.25, 0.3) is 0 Å². The second kappa shape index (κ2) is 6.97. The number of rotatable bonds is 4. The zero-order valence-corrected chi connectivity index (χ0v) is 13.8. The molecule has 0 aliphatic carbocycles. The molecule has 2 aromatic carbocycles. The van der Waals surface area contributed by atoms with E-state index in [9.17, 15) is 4.79 Å². The van der Waals surface area contributed by atoms with Crippen molar-refractivity contribution in [1.82, 2.24) is 10.6 Å². The van der Waals surface area contributed by atoms with Crippen LogP contribution < -0.4 is 10.6 Å². The molecule has 1 aliphatic rings. The number of carbonyl (C=O) groups excluding carboxylic acids is 1. The van der Waals surface area contributed by atoms with Crippen molar-refractivity contribution in [3.63, 3.8) is 0 Å². The van der Waals surface area contributed by atoms with Crippen LogP contribution in [0, 0.1) is 19.8 Å². The molecule has 3 nitrogen and oxygen atoms in total. The molecule has 2 N–H and O–H groups in total. The number of amides is 1. The summed E-state index contributed by atoms with van der Waals surface area (Å²) in [6.07, 6.45) is 0.917. The molecule has 1 atom stereocenters. The Morgan fingerprint density at radius 1 is 1.09 bits per heavy atom. The van der Waals surface area contributed by atoms with Crippen LogP contribution in [0.2, 0.25) is 0 Å². The van der Waals surface area contributed by atoms with E-state index in [-0.39, 0.29) is 17.9 Å². The van der Waals surface area contributed by atoms with Gasteiger partial charge in [-0.3, -0.25) is 4.79 Å². The first kappa shape index (κ1) is 15.8. The molecular formula is C20H24N2O. The van der Waals surface area contributed by atoms with Crippen molar-refractivity contribution in [3.05, 3.63) is 70.8 Å². The molecule has 1 fully saturated rings. The monoisotopic (exact) mass is 308 g/mol. The lowest BCUT2D eigenvalue weighted by atomic mass is 9.95. The van der Waals surface area contributed by atoms with Crippen molar-refractivity contribution in [2.75, 3.05) is 13.1 Å². The number of hydrogen-bond acceptors (Lipinski definition) is 2. The lowest BCUT2D eigenvalue weighted by molar-refractivity contribution is -0.124. The van der Waals surface area contributed by atoms with Crippen molar-refractivity contribution in [2.24, 2.45) is 5.92 Å². The highest BCUT2D eigenvalue weighted by atomic mass is 16.2. The van der Waals surface area contributed by atoms with E-state index in [4.69, 9.17) is 0 Å². The predicted molar refractivity (Wildman–Crippen MR) is 93.3 cm³/mol.